The molecular weight excluding hydrogens is 198 g/mol. The van der Waals surface area contributed by atoms with Crippen LogP contribution in [0.1, 0.15) is 17.5 Å². The molecule has 1 fully saturated rings. The van der Waals surface area contributed by atoms with E-state index in [0.717, 1.165) is 6.54 Å². The molecule has 3 rings (SSSR count). The van der Waals surface area contributed by atoms with Gasteiger partial charge in [0, 0.05) is 19.2 Å². The summed E-state index contributed by atoms with van der Waals surface area (Å²) >= 11 is 0. The third-order valence-corrected chi connectivity index (χ3v) is 4.12. The fourth-order valence-electron chi connectivity index (χ4n) is 3.14. The summed E-state index contributed by atoms with van der Waals surface area (Å²) in [6, 6.07) is 9.49. The summed E-state index contributed by atoms with van der Waals surface area (Å²) in [7, 11) is 0. The maximum absolute atomic E-state index is 9.17. The average Bonchev–Trinajstić information content (AvgIpc) is 2.95. The van der Waals surface area contributed by atoms with Gasteiger partial charge in [-0.3, -0.25) is 4.90 Å². The van der Waals surface area contributed by atoms with Crippen molar-refractivity contribution in [3.63, 3.8) is 0 Å². The minimum Gasteiger partial charge on any atom is -0.396 e. The van der Waals surface area contributed by atoms with Crippen LogP contribution in [0.25, 0.3) is 0 Å². The summed E-state index contributed by atoms with van der Waals surface area (Å²) in [5, 5.41) is 9.17. The van der Waals surface area contributed by atoms with Gasteiger partial charge in [0.1, 0.15) is 0 Å². The Kier molecular flexibility index (Phi) is 2.70. The Morgan fingerprint density at radius 1 is 1.19 bits per heavy atom. The van der Waals surface area contributed by atoms with Crippen LogP contribution in [0.2, 0.25) is 0 Å². The van der Waals surface area contributed by atoms with E-state index in [-0.39, 0.29) is 0 Å². The van der Waals surface area contributed by atoms with Gasteiger partial charge in [0.25, 0.3) is 0 Å². The molecule has 2 heteroatoms. The first-order chi connectivity index (χ1) is 7.86. The highest BCUT2D eigenvalue weighted by Gasteiger charge is 2.31. The lowest BCUT2D eigenvalue weighted by Gasteiger charge is -2.23. The van der Waals surface area contributed by atoms with E-state index in [1.807, 2.05) is 0 Å². The first-order valence-corrected chi connectivity index (χ1v) is 6.28. The maximum atomic E-state index is 9.17. The number of fused-ring (bicyclic) bond motifs is 1. The third-order valence-electron chi connectivity index (χ3n) is 4.12. The highest BCUT2D eigenvalue weighted by molar-refractivity contribution is 5.33. The van der Waals surface area contributed by atoms with E-state index >= 15 is 0 Å². The van der Waals surface area contributed by atoms with E-state index in [9.17, 15) is 5.11 Å². The molecule has 0 unspecified atom stereocenters. The number of nitrogens with zero attached hydrogens (tertiary/aromatic N) is 1. The number of hydrogen-bond donors (Lipinski definition) is 1. The van der Waals surface area contributed by atoms with E-state index < -0.39 is 0 Å². The van der Waals surface area contributed by atoms with Gasteiger partial charge in [-0.15, -0.1) is 0 Å². The van der Waals surface area contributed by atoms with Crippen LogP contribution in [0.4, 0.5) is 0 Å². The first kappa shape index (κ1) is 10.3. The van der Waals surface area contributed by atoms with Crippen LogP contribution in [0.5, 0.6) is 0 Å². The number of benzene rings is 1. The van der Waals surface area contributed by atoms with Gasteiger partial charge in [0.15, 0.2) is 0 Å². The van der Waals surface area contributed by atoms with Crippen LogP contribution in [0, 0.1) is 5.92 Å². The van der Waals surface area contributed by atoms with Gasteiger partial charge in [-0.1, -0.05) is 24.3 Å². The van der Waals surface area contributed by atoms with Crippen molar-refractivity contribution in [1.29, 1.82) is 0 Å². The Morgan fingerprint density at radius 2 is 1.88 bits per heavy atom. The number of aliphatic hydroxyl groups excluding tert-OH is 1. The van der Waals surface area contributed by atoms with Crippen LogP contribution >= 0.6 is 0 Å². The molecule has 1 N–H and O–H groups in total. The van der Waals surface area contributed by atoms with Crippen LogP contribution in [0.15, 0.2) is 24.3 Å². The van der Waals surface area contributed by atoms with Crippen molar-refractivity contribution < 1.29 is 5.11 Å². The number of aliphatic hydroxyl groups is 1. The van der Waals surface area contributed by atoms with Crippen molar-refractivity contribution >= 4 is 0 Å². The van der Waals surface area contributed by atoms with E-state index in [1.54, 1.807) is 0 Å². The van der Waals surface area contributed by atoms with Crippen molar-refractivity contribution in [3.8, 4) is 0 Å². The minimum absolute atomic E-state index is 0.357. The smallest absolute Gasteiger partial charge is 0.0471 e. The molecule has 1 heterocycles. The molecule has 0 amide bonds. The molecule has 16 heavy (non-hydrogen) atoms. The topological polar surface area (TPSA) is 23.5 Å². The zero-order valence-corrected chi connectivity index (χ0v) is 9.60. The Bertz CT molecular complexity index is 352. The molecule has 86 valence electrons. The zero-order chi connectivity index (χ0) is 11.0. The van der Waals surface area contributed by atoms with Crippen molar-refractivity contribution in [2.24, 2.45) is 5.92 Å². The van der Waals surface area contributed by atoms with Gasteiger partial charge < -0.3 is 5.11 Å². The SMILES string of the molecule is OC[C@@H]1CCN(C2Cc3ccccc3C2)C1. The lowest BCUT2D eigenvalue weighted by Crippen LogP contribution is -2.34. The highest BCUT2D eigenvalue weighted by Crippen LogP contribution is 2.28. The Labute approximate surface area is 96.9 Å². The molecule has 1 aromatic carbocycles. The van der Waals surface area contributed by atoms with Crippen LogP contribution in [-0.4, -0.2) is 35.7 Å². The summed E-state index contributed by atoms with van der Waals surface area (Å²) < 4.78 is 0. The zero-order valence-electron chi connectivity index (χ0n) is 9.60. The summed E-state index contributed by atoms with van der Waals surface area (Å²) in [4.78, 5) is 2.57. The molecule has 2 nitrogen and oxygen atoms in total. The second kappa shape index (κ2) is 4.19. The first-order valence-electron chi connectivity index (χ1n) is 6.28. The molecule has 1 aliphatic carbocycles. The van der Waals surface area contributed by atoms with Crippen molar-refractivity contribution in [2.75, 3.05) is 19.7 Å². The van der Waals surface area contributed by atoms with E-state index in [2.05, 4.69) is 29.2 Å². The van der Waals surface area contributed by atoms with E-state index in [4.69, 9.17) is 0 Å². The summed E-state index contributed by atoms with van der Waals surface area (Å²) in [6.45, 7) is 2.62. The lowest BCUT2D eigenvalue weighted by atomic mass is 10.1. The molecule has 1 aliphatic heterocycles. The quantitative estimate of drug-likeness (QED) is 0.811. The van der Waals surface area contributed by atoms with Crippen LogP contribution in [0.3, 0.4) is 0 Å². The largest absolute Gasteiger partial charge is 0.396 e. The Balaban J connectivity index is 1.68. The maximum Gasteiger partial charge on any atom is 0.0471 e. The van der Waals surface area contributed by atoms with Gasteiger partial charge >= 0.3 is 0 Å². The molecule has 1 atom stereocenters. The third kappa shape index (κ3) is 1.76. The number of likely N-dealkylation sites (tertiary alicyclic amines) is 1. The Hall–Kier alpha value is -0.860. The molecule has 2 aliphatic rings. The molecule has 1 aromatic rings. The molecule has 0 aromatic heterocycles. The monoisotopic (exact) mass is 217 g/mol. The molecule has 0 saturated carbocycles. The van der Waals surface area contributed by atoms with Gasteiger partial charge in [0.05, 0.1) is 0 Å². The molecule has 0 bridgehead atoms. The molecule has 1 saturated heterocycles. The second-order valence-electron chi connectivity index (χ2n) is 5.16. The van der Waals surface area contributed by atoms with Gasteiger partial charge in [-0.25, -0.2) is 0 Å². The minimum atomic E-state index is 0.357. The molecule has 0 spiro atoms. The van der Waals surface area contributed by atoms with Crippen molar-refractivity contribution in [3.05, 3.63) is 35.4 Å². The predicted octanol–water partition coefficient (Wildman–Crippen LogP) is 1.47. The Morgan fingerprint density at radius 3 is 2.44 bits per heavy atom. The summed E-state index contributed by atoms with van der Waals surface area (Å²) in [5.74, 6) is 0.517. The van der Waals surface area contributed by atoms with Gasteiger partial charge in [-0.05, 0) is 42.9 Å². The van der Waals surface area contributed by atoms with Gasteiger partial charge in [-0.2, -0.15) is 0 Å². The van der Waals surface area contributed by atoms with E-state index in [1.165, 1.54) is 36.9 Å². The fraction of sp³-hybridized carbons (Fsp3) is 0.571. The highest BCUT2D eigenvalue weighted by atomic mass is 16.3. The lowest BCUT2D eigenvalue weighted by molar-refractivity contribution is 0.200. The molecule has 0 radical (unpaired) electrons. The normalized spacial score (nSPS) is 26.2. The fourth-order valence-corrected chi connectivity index (χ4v) is 3.14. The average molecular weight is 217 g/mol. The van der Waals surface area contributed by atoms with Crippen molar-refractivity contribution in [2.45, 2.75) is 25.3 Å². The molecular formula is C14H19NO. The van der Waals surface area contributed by atoms with E-state index in [0.29, 0.717) is 18.6 Å². The van der Waals surface area contributed by atoms with Gasteiger partial charge in [0.2, 0.25) is 0 Å². The van der Waals surface area contributed by atoms with Crippen LogP contribution < -0.4 is 0 Å². The summed E-state index contributed by atoms with van der Waals surface area (Å²) in [5.41, 5.74) is 3.06. The standard InChI is InChI=1S/C14H19NO/c16-10-11-5-6-15(9-11)14-7-12-3-1-2-4-13(12)8-14/h1-4,11,14,16H,5-10H2/t11-/m1/s1. The second-order valence-corrected chi connectivity index (χ2v) is 5.16. The number of hydrogen-bond acceptors (Lipinski definition) is 2. The number of rotatable bonds is 2. The predicted molar refractivity (Wildman–Crippen MR) is 64.4 cm³/mol. The van der Waals surface area contributed by atoms with Crippen LogP contribution in [-0.2, 0) is 12.8 Å². The summed E-state index contributed by atoms with van der Waals surface area (Å²) in [6.07, 6.45) is 3.58. The van der Waals surface area contributed by atoms with Crippen molar-refractivity contribution in [1.82, 2.24) is 4.90 Å².